The number of rotatable bonds is 6. The molecule has 1 aromatic rings. The zero-order valence-electron chi connectivity index (χ0n) is 8.72. The van der Waals surface area contributed by atoms with E-state index in [-0.39, 0.29) is 6.67 Å². The number of nitrogens with one attached hydrogen (secondary N) is 1. The Morgan fingerprint density at radius 2 is 2.36 bits per heavy atom. The predicted octanol–water partition coefficient (Wildman–Crippen LogP) is 2.72. The van der Waals surface area contributed by atoms with E-state index < -0.39 is 0 Å². The van der Waals surface area contributed by atoms with Crippen LogP contribution < -0.4 is 5.32 Å². The van der Waals surface area contributed by atoms with Gasteiger partial charge >= 0.3 is 0 Å². The molecular weight excluding hydrogens is 199 g/mol. The number of thiazole rings is 1. The van der Waals surface area contributed by atoms with E-state index in [9.17, 15) is 4.39 Å². The fraction of sp³-hybridized carbons (Fsp3) is 0.700. The maximum Gasteiger partial charge on any atom is 0.0953 e. The molecule has 1 heterocycles. The minimum Gasteiger partial charge on any atom is -0.312 e. The molecule has 1 aromatic heterocycles. The summed E-state index contributed by atoms with van der Waals surface area (Å²) in [6.07, 6.45) is 2.50. The van der Waals surface area contributed by atoms with Crippen molar-refractivity contribution in [2.45, 2.75) is 32.7 Å². The van der Waals surface area contributed by atoms with Crippen molar-refractivity contribution < 1.29 is 4.39 Å². The summed E-state index contributed by atoms with van der Waals surface area (Å²) in [6.45, 7) is 5.58. The normalized spacial score (nSPS) is 11.1. The molecule has 0 saturated heterocycles. The largest absolute Gasteiger partial charge is 0.312 e. The molecule has 0 saturated carbocycles. The number of nitrogens with zero attached hydrogens (tertiary/aromatic N) is 1. The number of alkyl halides is 1. The molecule has 0 aromatic carbocycles. The van der Waals surface area contributed by atoms with E-state index in [1.165, 1.54) is 9.88 Å². The Morgan fingerprint density at radius 1 is 1.57 bits per heavy atom. The summed E-state index contributed by atoms with van der Waals surface area (Å²) >= 11 is 1.73. The molecule has 0 aliphatic heterocycles. The van der Waals surface area contributed by atoms with Crippen LogP contribution in [0.15, 0.2) is 6.20 Å². The first-order valence-corrected chi connectivity index (χ1v) is 5.77. The highest BCUT2D eigenvalue weighted by atomic mass is 32.1. The Morgan fingerprint density at radius 3 is 2.93 bits per heavy atom. The van der Waals surface area contributed by atoms with Gasteiger partial charge in [0.2, 0.25) is 0 Å². The Bertz CT molecular complexity index is 260. The topological polar surface area (TPSA) is 24.9 Å². The van der Waals surface area contributed by atoms with Crippen molar-refractivity contribution in [1.82, 2.24) is 10.3 Å². The van der Waals surface area contributed by atoms with Crippen LogP contribution in [0.2, 0.25) is 0 Å². The van der Waals surface area contributed by atoms with Gasteiger partial charge in [-0.05, 0) is 13.0 Å². The predicted molar refractivity (Wildman–Crippen MR) is 58.5 cm³/mol. The highest BCUT2D eigenvalue weighted by molar-refractivity contribution is 7.11. The summed E-state index contributed by atoms with van der Waals surface area (Å²) < 4.78 is 11.8. The van der Waals surface area contributed by atoms with Crippen LogP contribution >= 0.6 is 11.3 Å². The first-order valence-electron chi connectivity index (χ1n) is 4.95. The van der Waals surface area contributed by atoms with Crippen LogP contribution in [0.4, 0.5) is 4.39 Å². The molecule has 0 fully saturated rings. The monoisotopic (exact) mass is 216 g/mol. The van der Waals surface area contributed by atoms with Crippen molar-refractivity contribution in [2.75, 3.05) is 13.2 Å². The van der Waals surface area contributed by atoms with Gasteiger partial charge in [-0.1, -0.05) is 13.8 Å². The van der Waals surface area contributed by atoms with Gasteiger partial charge in [0.05, 0.1) is 11.7 Å². The van der Waals surface area contributed by atoms with Crippen LogP contribution in [-0.4, -0.2) is 18.2 Å². The Hall–Kier alpha value is -0.480. The standard InChI is InChI=1S/C10H17FN2S/c1-8(2)10-13-7-9(14-10)6-12-5-3-4-11/h7-8,12H,3-6H2,1-2H3. The van der Waals surface area contributed by atoms with Gasteiger partial charge in [-0.3, -0.25) is 4.39 Å². The van der Waals surface area contributed by atoms with E-state index in [0.29, 0.717) is 12.3 Å². The van der Waals surface area contributed by atoms with Crippen LogP contribution in [0.3, 0.4) is 0 Å². The molecule has 0 aliphatic carbocycles. The van der Waals surface area contributed by atoms with Crippen molar-refractivity contribution in [3.63, 3.8) is 0 Å². The Labute approximate surface area is 88.6 Å². The van der Waals surface area contributed by atoms with Crippen molar-refractivity contribution in [2.24, 2.45) is 0 Å². The van der Waals surface area contributed by atoms with Gasteiger partial charge in [0.15, 0.2) is 0 Å². The first kappa shape index (κ1) is 11.6. The van der Waals surface area contributed by atoms with Crippen molar-refractivity contribution >= 4 is 11.3 Å². The first-order chi connectivity index (χ1) is 6.74. The number of halogens is 1. The Balaban J connectivity index is 2.29. The summed E-state index contributed by atoms with van der Waals surface area (Å²) in [5.74, 6) is 0.500. The van der Waals surface area contributed by atoms with Gasteiger partial charge in [0.25, 0.3) is 0 Å². The zero-order valence-corrected chi connectivity index (χ0v) is 9.53. The third kappa shape index (κ3) is 3.72. The second kappa shape index (κ2) is 6.09. The average Bonchev–Trinajstić information content (AvgIpc) is 2.61. The van der Waals surface area contributed by atoms with E-state index in [1.54, 1.807) is 11.3 Å². The van der Waals surface area contributed by atoms with E-state index in [4.69, 9.17) is 0 Å². The average molecular weight is 216 g/mol. The van der Waals surface area contributed by atoms with Crippen LogP contribution in [-0.2, 0) is 6.54 Å². The van der Waals surface area contributed by atoms with Gasteiger partial charge in [-0.2, -0.15) is 0 Å². The second-order valence-corrected chi connectivity index (χ2v) is 4.69. The SMILES string of the molecule is CC(C)c1ncc(CNCCCF)s1. The molecular formula is C10H17FN2S. The van der Waals surface area contributed by atoms with Crippen LogP contribution in [0.25, 0.3) is 0 Å². The maximum atomic E-state index is 11.8. The lowest BCUT2D eigenvalue weighted by Crippen LogP contribution is -2.14. The fourth-order valence-corrected chi connectivity index (χ4v) is 1.96. The zero-order chi connectivity index (χ0) is 10.4. The summed E-state index contributed by atoms with van der Waals surface area (Å²) in [5, 5.41) is 4.36. The Kier molecular flexibility index (Phi) is 5.04. The lowest BCUT2D eigenvalue weighted by atomic mass is 10.2. The second-order valence-electron chi connectivity index (χ2n) is 3.54. The van der Waals surface area contributed by atoms with E-state index in [0.717, 1.165) is 13.1 Å². The van der Waals surface area contributed by atoms with Crippen molar-refractivity contribution in [1.29, 1.82) is 0 Å². The molecule has 1 rings (SSSR count). The molecule has 0 aliphatic rings. The smallest absolute Gasteiger partial charge is 0.0953 e. The summed E-state index contributed by atoms with van der Waals surface area (Å²) in [4.78, 5) is 5.55. The molecule has 0 amide bonds. The minimum atomic E-state index is -0.243. The molecule has 0 unspecified atom stereocenters. The van der Waals surface area contributed by atoms with Crippen molar-refractivity contribution in [3.05, 3.63) is 16.1 Å². The van der Waals surface area contributed by atoms with E-state index >= 15 is 0 Å². The van der Waals surface area contributed by atoms with E-state index in [2.05, 4.69) is 24.1 Å². The lowest BCUT2D eigenvalue weighted by molar-refractivity contribution is 0.459. The van der Waals surface area contributed by atoms with Gasteiger partial charge < -0.3 is 5.32 Å². The van der Waals surface area contributed by atoms with E-state index in [1.807, 2.05) is 6.20 Å². The maximum absolute atomic E-state index is 11.8. The van der Waals surface area contributed by atoms with Gasteiger partial charge in [-0.15, -0.1) is 11.3 Å². The molecule has 0 bridgehead atoms. The highest BCUT2D eigenvalue weighted by Crippen LogP contribution is 2.20. The molecule has 4 heteroatoms. The summed E-state index contributed by atoms with van der Waals surface area (Å²) in [7, 11) is 0. The highest BCUT2D eigenvalue weighted by Gasteiger charge is 2.04. The molecule has 1 N–H and O–H groups in total. The van der Waals surface area contributed by atoms with Crippen LogP contribution in [0.5, 0.6) is 0 Å². The van der Waals surface area contributed by atoms with Gasteiger partial charge in [-0.25, -0.2) is 4.98 Å². The molecule has 0 atom stereocenters. The third-order valence-electron chi connectivity index (χ3n) is 1.85. The van der Waals surface area contributed by atoms with Crippen molar-refractivity contribution in [3.8, 4) is 0 Å². The van der Waals surface area contributed by atoms with Gasteiger partial charge in [0.1, 0.15) is 0 Å². The summed E-state index contributed by atoms with van der Waals surface area (Å²) in [6, 6.07) is 0. The third-order valence-corrected chi connectivity index (χ3v) is 3.15. The summed E-state index contributed by atoms with van der Waals surface area (Å²) in [5.41, 5.74) is 0. The quantitative estimate of drug-likeness (QED) is 0.740. The minimum absolute atomic E-state index is 0.243. The molecule has 14 heavy (non-hydrogen) atoms. The molecule has 2 nitrogen and oxygen atoms in total. The molecule has 0 radical (unpaired) electrons. The van der Waals surface area contributed by atoms with Crippen LogP contribution in [0.1, 0.15) is 36.1 Å². The number of hydrogen-bond acceptors (Lipinski definition) is 3. The number of aromatic nitrogens is 1. The van der Waals surface area contributed by atoms with Crippen LogP contribution in [0, 0.1) is 0 Å². The fourth-order valence-electron chi connectivity index (χ4n) is 1.07. The lowest BCUT2D eigenvalue weighted by Gasteiger charge is -1.99. The van der Waals surface area contributed by atoms with Gasteiger partial charge in [0, 0.05) is 23.5 Å². The molecule has 0 spiro atoms. The molecule has 80 valence electrons. The number of hydrogen-bond donors (Lipinski definition) is 1.